The Hall–Kier alpha value is -1.67. The van der Waals surface area contributed by atoms with E-state index < -0.39 is 0 Å². The van der Waals surface area contributed by atoms with Crippen LogP contribution >= 0.6 is 0 Å². The topological polar surface area (TPSA) is 12.0 Å². The number of nitrogens with one attached hydrogen (secondary N) is 1. The zero-order valence-electron chi connectivity index (χ0n) is 10.4. The molecule has 0 radical (unpaired) electrons. The Labute approximate surface area is 108 Å². The standard InChI is InChI=1S/C16H18FN/c17-11-12-18-16(15-9-5-2-6-10-15)13-14-7-3-1-4-8-14/h1-10,16,18H,11-13H2. The van der Waals surface area contributed by atoms with Crippen molar-refractivity contribution >= 4 is 0 Å². The molecule has 0 amide bonds. The van der Waals surface area contributed by atoms with Crippen molar-refractivity contribution in [2.75, 3.05) is 13.2 Å². The van der Waals surface area contributed by atoms with E-state index in [0.717, 1.165) is 6.42 Å². The summed E-state index contributed by atoms with van der Waals surface area (Å²) in [5.41, 5.74) is 2.47. The molecule has 0 saturated heterocycles. The smallest absolute Gasteiger partial charge is 0.102 e. The third-order valence-electron chi connectivity index (χ3n) is 2.97. The van der Waals surface area contributed by atoms with E-state index in [2.05, 4.69) is 29.6 Å². The molecule has 1 atom stereocenters. The van der Waals surface area contributed by atoms with Crippen molar-refractivity contribution < 1.29 is 4.39 Å². The lowest BCUT2D eigenvalue weighted by Crippen LogP contribution is -2.25. The number of rotatable bonds is 6. The number of benzene rings is 2. The van der Waals surface area contributed by atoms with Gasteiger partial charge in [0.25, 0.3) is 0 Å². The number of hydrogen-bond donors (Lipinski definition) is 1. The Morgan fingerprint density at radius 3 is 2.11 bits per heavy atom. The molecule has 1 N–H and O–H groups in total. The van der Waals surface area contributed by atoms with Crippen LogP contribution in [0.4, 0.5) is 4.39 Å². The Bertz CT molecular complexity index is 441. The van der Waals surface area contributed by atoms with E-state index in [1.165, 1.54) is 11.1 Å². The Morgan fingerprint density at radius 1 is 0.889 bits per heavy atom. The van der Waals surface area contributed by atoms with Crippen LogP contribution in [0.3, 0.4) is 0 Å². The van der Waals surface area contributed by atoms with Gasteiger partial charge in [-0.05, 0) is 17.5 Å². The highest BCUT2D eigenvalue weighted by Gasteiger charge is 2.10. The molecule has 0 spiro atoms. The number of hydrogen-bond acceptors (Lipinski definition) is 1. The first-order valence-electron chi connectivity index (χ1n) is 6.28. The van der Waals surface area contributed by atoms with E-state index in [1.807, 2.05) is 36.4 Å². The quantitative estimate of drug-likeness (QED) is 0.818. The minimum Gasteiger partial charge on any atom is -0.307 e. The van der Waals surface area contributed by atoms with Gasteiger partial charge in [-0.2, -0.15) is 0 Å². The second-order valence-electron chi connectivity index (χ2n) is 4.30. The molecule has 1 nitrogen and oxygen atoms in total. The molecule has 0 fully saturated rings. The van der Waals surface area contributed by atoms with Gasteiger partial charge in [0.05, 0.1) is 0 Å². The largest absolute Gasteiger partial charge is 0.307 e. The van der Waals surface area contributed by atoms with E-state index in [0.29, 0.717) is 6.54 Å². The lowest BCUT2D eigenvalue weighted by molar-refractivity contribution is 0.432. The molecule has 2 heteroatoms. The van der Waals surface area contributed by atoms with Gasteiger partial charge in [-0.25, -0.2) is 4.39 Å². The van der Waals surface area contributed by atoms with E-state index in [9.17, 15) is 4.39 Å². The molecule has 0 aliphatic carbocycles. The van der Waals surface area contributed by atoms with Gasteiger partial charge in [-0.1, -0.05) is 60.7 Å². The van der Waals surface area contributed by atoms with Crippen molar-refractivity contribution in [1.29, 1.82) is 0 Å². The number of halogens is 1. The van der Waals surface area contributed by atoms with Crippen LogP contribution in [0.2, 0.25) is 0 Å². The maximum atomic E-state index is 12.3. The van der Waals surface area contributed by atoms with Gasteiger partial charge in [0.1, 0.15) is 6.67 Å². The van der Waals surface area contributed by atoms with Crippen molar-refractivity contribution in [3.8, 4) is 0 Å². The summed E-state index contributed by atoms with van der Waals surface area (Å²) in [6, 6.07) is 20.7. The van der Waals surface area contributed by atoms with Crippen molar-refractivity contribution in [3.05, 3.63) is 71.8 Å². The van der Waals surface area contributed by atoms with E-state index in [1.54, 1.807) is 0 Å². The molecule has 0 aromatic heterocycles. The highest BCUT2D eigenvalue weighted by atomic mass is 19.1. The normalized spacial score (nSPS) is 12.3. The zero-order chi connectivity index (χ0) is 12.6. The third kappa shape index (κ3) is 3.67. The summed E-state index contributed by atoms with van der Waals surface area (Å²) >= 11 is 0. The molecule has 0 aliphatic rings. The summed E-state index contributed by atoms with van der Waals surface area (Å²) in [5, 5.41) is 3.26. The molecule has 0 aliphatic heterocycles. The molecule has 1 unspecified atom stereocenters. The predicted octanol–water partition coefficient (Wildman–Crippen LogP) is 3.53. The summed E-state index contributed by atoms with van der Waals surface area (Å²) in [4.78, 5) is 0. The van der Waals surface area contributed by atoms with Crippen molar-refractivity contribution in [3.63, 3.8) is 0 Å². The second kappa shape index (κ2) is 6.92. The molecular formula is C16H18FN. The van der Waals surface area contributed by atoms with Gasteiger partial charge >= 0.3 is 0 Å². The van der Waals surface area contributed by atoms with Gasteiger partial charge in [0.2, 0.25) is 0 Å². The molecule has 0 saturated carbocycles. The first-order valence-corrected chi connectivity index (χ1v) is 6.28. The highest BCUT2D eigenvalue weighted by molar-refractivity contribution is 5.23. The fourth-order valence-corrected chi connectivity index (χ4v) is 2.07. The van der Waals surface area contributed by atoms with Crippen LogP contribution in [-0.2, 0) is 6.42 Å². The molecule has 0 bridgehead atoms. The third-order valence-corrected chi connectivity index (χ3v) is 2.97. The Morgan fingerprint density at radius 2 is 1.50 bits per heavy atom. The fourth-order valence-electron chi connectivity index (χ4n) is 2.07. The average Bonchev–Trinajstić information content (AvgIpc) is 2.45. The van der Waals surface area contributed by atoms with Gasteiger partial charge < -0.3 is 5.32 Å². The molecule has 94 valence electrons. The second-order valence-corrected chi connectivity index (χ2v) is 4.30. The van der Waals surface area contributed by atoms with Crippen molar-refractivity contribution in [2.45, 2.75) is 12.5 Å². The fraction of sp³-hybridized carbons (Fsp3) is 0.250. The van der Waals surface area contributed by atoms with Crippen LogP contribution in [0.1, 0.15) is 17.2 Å². The van der Waals surface area contributed by atoms with E-state index in [-0.39, 0.29) is 12.7 Å². The minimum atomic E-state index is -0.335. The summed E-state index contributed by atoms with van der Waals surface area (Å²) in [6.45, 7) is 0.0600. The maximum Gasteiger partial charge on any atom is 0.102 e. The molecule has 0 heterocycles. The minimum absolute atomic E-state index is 0.171. The lowest BCUT2D eigenvalue weighted by Gasteiger charge is -2.18. The van der Waals surface area contributed by atoms with Crippen molar-refractivity contribution in [2.24, 2.45) is 0 Å². The van der Waals surface area contributed by atoms with E-state index in [4.69, 9.17) is 0 Å². The van der Waals surface area contributed by atoms with Crippen LogP contribution in [0.15, 0.2) is 60.7 Å². The summed E-state index contributed by atoms with van der Waals surface area (Å²) < 4.78 is 12.3. The van der Waals surface area contributed by atoms with Gasteiger partial charge in [-0.3, -0.25) is 0 Å². The predicted molar refractivity (Wildman–Crippen MR) is 73.3 cm³/mol. The first kappa shape index (κ1) is 12.8. The summed E-state index contributed by atoms with van der Waals surface area (Å²) in [7, 11) is 0. The van der Waals surface area contributed by atoms with Crippen LogP contribution in [-0.4, -0.2) is 13.2 Å². The highest BCUT2D eigenvalue weighted by Crippen LogP contribution is 2.17. The van der Waals surface area contributed by atoms with Crippen LogP contribution < -0.4 is 5.32 Å². The zero-order valence-corrected chi connectivity index (χ0v) is 10.4. The SMILES string of the molecule is FCCNC(Cc1ccccc1)c1ccccc1. The number of alkyl halides is 1. The van der Waals surface area contributed by atoms with Crippen molar-refractivity contribution in [1.82, 2.24) is 5.32 Å². The monoisotopic (exact) mass is 243 g/mol. The first-order chi connectivity index (χ1) is 8.90. The molecular weight excluding hydrogens is 225 g/mol. The molecule has 2 rings (SSSR count). The summed E-state index contributed by atoms with van der Waals surface area (Å²) in [6.07, 6.45) is 0.880. The van der Waals surface area contributed by atoms with Crippen LogP contribution in [0, 0.1) is 0 Å². The van der Waals surface area contributed by atoms with Crippen LogP contribution in [0.5, 0.6) is 0 Å². The molecule has 2 aromatic carbocycles. The van der Waals surface area contributed by atoms with Gasteiger partial charge in [0.15, 0.2) is 0 Å². The Balaban J connectivity index is 2.10. The molecule has 18 heavy (non-hydrogen) atoms. The van der Waals surface area contributed by atoms with Crippen LogP contribution in [0.25, 0.3) is 0 Å². The van der Waals surface area contributed by atoms with Gasteiger partial charge in [0, 0.05) is 12.6 Å². The lowest BCUT2D eigenvalue weighted by atomic mass is 9.99. The average molecular weight is 243 g/mol. The Kier molecular flexibility index (Phi) is 4.91. The summed E-state index contributed by atoms with van der Waals surface area (Å²) in [5.74, 6) is 0. The molecule has 2 aromatic rings. The maximum absolute atomic E-state index is 12.3. The van der Waals surface area contributed by atoms with E-state index >= 15 is 0 Å². The van der Waals surface area contributed by atoms with Gasteiger partial charge in [-0.15, -0.1) is 0 Å².